The maximum absolute atomic E-state index is 6.40. The van der Waals surface area contributed by atoms with Gasteiger partial charge >= 0.3 is 0 Å². The summed E-state index contributed by atoms with van der Waals surface area (Å²) in [6, 6.07) is 0. The van der Waals surface area contributed by atoms with Crippen LogP contribution < -0.4 is 5.73 Å². The summed E-state index contributed by atoms with van der Waals surface area (Å²) in [5, 5.41) is 0. The lowest BCUT2D eigenvalue weighted by Crippen LogP contribution is -2.46. The lowest BCUT2D eigenvalue weighted by Gasteiger charge is -2.35. The van der Waals surface area contributed by atoms with Crippen LogP contribution in [0.1, 0.15) is 13.2 Å². The number of aromatic nitrogens is 4. The van der Waals surface area contributed by atoms with E-state index in [4.69, 9.17) is 19.9 Å². The summed E-state index contributed by atoms with van der Waals surface area (Å²) in [6.07, 6.45) is 4.14. The minimum absolute atomic E-state index is 0.0805. The van der Waals surface area contributed by atoms with Crippen LogP contribution in [0.3, 0.4) is 0 Å². The first-order valence-corrected chi connectivity index (χ1v) is 7.50. The Balaban J connectivity index is 1.79. The molecule has 2 bridgehead atoms. The van der Waals surface area contributed by atoms with E-state index in [-0.39, 0.29) is 24.4 Å². The third-order valence-electron chi connectivity index (χ3n) is 4.94. The number of ether oxygens (including phenoxy) is 3. The Morgan fingerprint density at radius 3 is 3.09 bits per heavy atom. The molecule has 2 N–H and O–H groups in total. The minimum Gasteiger partial charge on any atom is -0.382 e. The largest absolute Gasteiger partial charge is 0.382 e. The minimum atomic E-state index is -0.555. The quantitative estimate of drug-likeness (QED) is 0.837. The first-order valence-electron chi connectivity index (χ1n) is 7.50. The van der Waals surface area contributed by atoms with E-state index >= 15 is 0 Å². The van der Waals surface area contributed by atoms with Gasteiger partial charge in [-0.05, 0) is 0 Å². The molecule has 4 rings (SSSR count). The van der Waals surface area contributed by atoms with Gasteiger partial charge in [-0.15, -0.1) is 6.58 Å². The number of rotatable bonds is 4. The van der Waals surface area contributed by atoms with Crippen molar-refractivity contribution in [1.82, 2.24) is 19.5 Å². The Labute approximate surface area is 133 Å². The first kappa shape index (κ1) is 14.6. The highest BCUT2D eigenvalue weighted by atomic mass is 16.7. The van der Waals surface area contributed by atoms with E-state index in [1.807, 2.05) is 10.6 Å². The fraction of sp³-hybridized carbons (Fsp3) is 0.533. The van der Waals surface area contributed by atoms with E-state index < -0.39 is 5.60 Å². The molecule has 2 aliphatic heterocycles. The molecule has 2 aliphatic rings. The van der Waals surface area contributed by atoms with Gasteiger partial charge in [0.1, 0.15) is 29.7 Å². The highest BCUT2D eigenvalue weighted by Gasteiger charge is 2.64. The van der Waals surface area contributed by atoms with Crippen LogP contribution in [0.2, 0.25) is 0 Å². The molecule has 8 heteroatoms. The molecule has 0 amide bonds. The summed E-state index contributed by atoms with van der Waals surface area (Å²) >= 11 is 0. The number of fused-ring (bicyclic) bond motifs is 3. The van der Waals surface area contributed by atoms with Crippen LogP contribution in [0, 0.1) is 5.92 Å². The zero-order valence-electron chi connectivity index (χ0n) is 13.0. The van der Waals surface area contributed by atoms with E-state index in [9.17, 15) is 0 Å². The molecule has 0 unspecified atom stereocenters. The Hall–Kier alpha value is -2.03. The van der Waals surface area contributed by atoms with Crippen LogP contribution in [0.15, 0.2) is 25.3 Å². The predicted molar refractivity (Wildman–Crippen MR) is 82.5 cm³/mol. The van der Waals surface area contributed by atoms with Gasteiger partial charge in [-0.2, -0.15) is 0 Å². The number of nitrogens with two attached hydrogens (primary N) is 1. The van der Waals surface area contributed by atoms with Gasteiger partial charge in [-0.25, -0.2) is 15.0 Å². The number of methoxy groups -OCH3 is 1. The van der Waals surface area contributed by atoms with Crippen molar-refractivity contribution < 1.29 is 14.2 Å². The lowest BCUT2D eigenvalue weighted by atomic mass is 9.86. The summed E-state index contributed by atoms with van der Waals surface area (Å²) in [4.78, 5) is 12.5. The second-order valence-electron chi connectivity index (χ2n) is 6.00. The highest BCUT2D eigenvalue weighted by Crippen LogP contribution is 2.50. The van der Waals surface area contributed by atoms with E-state index in [0.29, 0.717) is 23.6 Å². The molecule has 5 atom stereocenters. The van der Waals surface area contributed by atoms with Crippen molar-refractivity contribution in [3.63, 3.8) is 0 Å². The third kappa shape index (κ3) is 1.79. The van der Waals surface area contributed by atoms with Gasteiger partial charge in [-0.1, -0.05) is 13.0 Å². The van der Waals surface area contributed by atoms with E-state index in [2.05, 4.69) is 28.5 Å². The van der Waals surface area contributed by atoms with Crippen LogP contribution >= 0.6 is 0 Å². The van der Waals surface area contributed by atoms with Crippen molar-refractivity contribution in [3.8, 4) is 0 Å². The Kier molecular flexibility index (Phi) is 3.15. The number of anilines is 1. The molecule has 2 saturated heterocycles. The number of imidazole rings is 1. The van der Waals surface area contributed by atoms with Crippen molar-refractivity contribution >= 4 is 17.0 Å². The number of hydrogen-bond donors (Lipinski definition) is 1. The van der Waals surface area contributed by atoms with Gasteiger partial charge < -0.3 is 19.9 Å². The van der Waals surface area contributed by atoms with Crippen molar-refractivity contribution in [2.75, 3.05) is 19.5 Å². The van der Waals surface area contributed by atoms with Gasteiger partial charge in [0, 0.05) is 13.0 Å². The van der Waals surface area contributed by atoms with Crippen LogP contribution in [-0.2, 0) is 14.2 Å². The molecule has 4 heterocycles. The lowest BCUT2D eigenvalue weighted by molar-refractivity contribution is -0.185. The normalized spacial score (nSPS) is 34.1. The van der Waals surface area contributed by atoms with Crippen LogP contribution in [0.25, 0.3) is 11.2 Å². The van der Waals surface area contributed by atoms with E-state index in [1.54, 1.807) is 13.4 Å². The standard InChI is InChI=1S/C15H19N5O3/c1-4-8(2)15-5-22-10(11(15)21-3)14(23-15)20-7-19-9-12(16)17-6-18-13(9)20/h4,6-8,10-11,14H,1,5H2,2-3H3,(H2,16,17,18)/t8-,10+,11-,14+,15+/m0/s1. The number of nitrogens with zero attached hydrogens (tertiary/aromatic N) is 4. The van der Waals surface area contributed by atoms with E-state index in [0.717, 1.165) is 0 Å². The Morgan fingerprint density at radius 1 is 1.52 bits per heavy atom. The second kappa shape index (κ2) is 4.98. The molecule has 0 aromatic carbocycles. The zero-order chi connectivity index (χ0) is 16.2. The fourth-order valence-electron chi connectivity index (χ4n) is 3.60. The van der Waals surface area contributed by atoms with Gasteiger partial charge in [0.05, 0.1) is 12.9 Å². The van der Waals surface area contributed by atoms with Crippen LogP contribution in [0.5, 0.6) is 0 Å². The summed E-state index contributed by atoms with van der Waals surface area (Å²) in [7, 11) is 1.68. The average Bonchev–Trinajstić information content (AvgIpc) is 3.23. The van der Waals surface area contributed by atoms with Crippen molar-refractivity contribution in [2.24, 2.45) is 5.92 Å². The molecular formula is C15H19N5O3. The Morgan fingerprint density at radius 2 is 2.35 bits per heavy atom. The van der Waals surface area contributed by atoms with Crippen molar-refractivity contribution in [2.45, 2.75) is 31.0 Å². The summed E-state index contributed by atoms with van der Waals surface area (Å²) in [5.74, 6) is 0.423. The topological polar surface area (TPSA) is 97.3 Å². The highest BCUT2D eigenvalue weighted by molar-refractivity contribution is 5.81. The molecule has 23 heavy (non-hydrogen) atoms. The first-order chi connectivity index (χ1) is 11.1. The number of hydrogen-bond acceptors (Lipinski definition) is 7. The van der Waals surface area contributed by atoms with Crippen molar-refractivity contribution in [1.29, 1.82) is 0 Å². The van der Waals surface area contributed by atoms with Crippen LogP contribution in [-0.4, -0.2) is 51.0 Å². The zero-order valence-corrected chi connectivity index (χ0v) is 13.0. The molecule has 0 radical (unpaired) electrons. The summed E-state index contributed by atoms with van der Waals surface area (Å²) in [5.41, 5.74) is 6.48. The molecule has 122 valence electrons. The Bertz CT molecular complexity index is 763. The third-order valence-corrected chi connectivity index (χ3v) is 4.94. The summed E-state index contributed by atoms with van der Waals surface area (Å²) in [6.45, 7) is 6.42. The molecular weight excluding hydrogens is 298 g/mol. The molecule has 0 saturated carbocycles. The SMILES string of the molecule is C=C[C@H](C)[C@@]12CO[C@@H]([C@H](n3cnc4c(N)ncnc43)O1)[C@@H]2OC. The molecule has 2 aromatic heterocycles. The van der Waals surface area contributed by atoms with Gasteiger partial charge in [0.2, 0.25) is 0 Å². The molecule has 0 spiro atoms. The van der Waals surface area contributed by atoms with Gasteiger partial charge in [0.15, 0.2) is 17.7 Å². The molecule has 0 aliphatic carbocycles. The molecule has 2 fully saturated rings. The molecule has 8 nitrogen and oxygen atoms in total. The fourth-order valence-corrected chi connectivity index (χ4v) is 3.60. The monoisotopic (exact) mass is 317 g/mol. The maximum atomic E-state index is 6.40. The van der Waals surface area contributed by atoms with E-state index in [1.165, 1.54) is 6.33 Å². The summed E-state index contributed by atoms with van der Waals surface area (Å²) < 4.78 is 19.9. The van der Waals surface area contributed by atoms with Gasteiger partial charge in [0.25, 0.3) is 0 Å². The smallest absolute Gasteiger partial charge is 0.167 e. The molecule has 2 aromatic rings. The van der Waals surface area contributed by atoms with Crippen molar-refractivity contribution in [3.05, 3.63) is 25.3 Å². The van der Waals surface area contributed by atoms with Crippen LogP contribution in [0.4, 0.5) is 5.82 Å². The maximum Gasteiger partial charge on any atom is 0.167 e. The second-order valence-corrected chi connectivity index (χ2v) is 6.00. The van der Waals surface area contributed by atoms with Gasteiger partial charge in [-0.3, -0.25) is 4.57 Å². The predicted octanol–water partition coefficient (Wildman–Crippen LogP) is 0.912. The number of nitrogen functional groups attached to an aromatic ring is 1. The average molecular weight is 317 g/mol.